The van der Waals surface area contributed by atoms with Gasteiger partial charge in [-0.15, -0.1) is 0 Å². The quantitative estimate of drug-likeness (QED) is 0.151. The normalized spacial score (nSPS) is 11.8. The van der Waals surface area contributed by atoms with Gasteiger partial charge in [0.25, 0.3) is 0 Å². The molecular weight excluding hydrogens is 881 g/mol. The summed E-state index contributed by atoms with van der Waals surface area (Å²) in [6.07, 6.45) is 0. The number of para-hydroxylation sites is 1. The van der Waals surface area contributed by atoms with Gasteiger partial charge < -0.3 is 4.42 Å². The number of fused-ring (bicyclic) bond motifs is 9. The molecule has 0 N–H and O–H groups in total. The lowest BCUT2D eigenvalue weighted by atomic mass is 9.85. The summed E-state index contributed by atoms with van der Waals surface area (Å²) in [5.41, 5.74) is 16.5. The molecule has 0 saturated heterocycles. The molecule has 0 saturated carbocycles. The van der Waals surface area contributed by atoms with E-state index in [1.54, 1.807) is 0 Å². The zero-order valence-electron chi connectivity index (χ0n) is 39.8. The summed E-state index contributed by atoms with van der Waals surface area (Å²) in [5.74, 6) is 0. The van der Waals surface area contributed by atoms with Crippen molar-refractivity contribution in [2.24, 2.45) is 0 Å². The van der Waals surface area contributed by atoms with Gasteiger partial charge in [0, 0.05) is 10.8 Å². The van der Waals surface area contributed by atoms with Crippen LogP contribution in [0.15, 0.2) is 271 Å². The molecule has 73 heavy (non-hydrogen) atoms. The molecule has 15 rings (SSSR count). The van der Waals surface area contributed by atoms with E-state index in [2.05, 4.69) is 261 Å². The van der Waals surface area contributed by atoms with Crippen molar-refractivity contribution in [1.29, 1.82) is 0 Å². The Hall–Kier alpha value is -9.56. The van der Waals surface area contributed by atoms with Gasteiger partial charge in [-0.3, -0.25) is 0 Å². The molecule has 0 fully saturated rings. The van der Waals surface area contributed by atoms with Crippen molar-refractivity contribution in [3.05, 3.63) is 267 Å². The Bertz CT molecular complexity index is 4610. The Labute approximate surface area is 422 Å². The van der Waals surface area contributed by atoms with E-state index < -0.39 is 0 Å². The molecule has 0 atom stereocenters. The van der Waals surface area contributed by atoms with Gasteiger partial charge in [0.2, 0.25) is 0 Å². The highest BCUT2D eigenvalue weighted by Gasteiger charge is 2.20. The average molecular weight is 925 g/mol. The van der Waals surface area contributed by atoms with Gasteiger partial charge in [0.05, 0.1) is 0 Å². The molecule has 0 spiro atoms. The van der Waals surface area contributed by atoms with Gasteiger partial charge >= 0.3 is 0 Å². The Morgan fingerprint density at radius 1 is 0.164 bits per heavy atom. The summed E-state index contributed by atoms with van der Waals surface area (Å²) in [6, 6.07) is 98.3. The van der Waals surface area contributed by atoms with E-state index in [0.717, 1.165) is 21.9 Å². The summed E-state index contributed by atoms with van der Waals surface area (Å²) in [5, 5.41) is 17.1. The molecule has 0 radical (unpaired) electrons. The third-order valence-electron chi connectivity index (χ3n) is 15.4. The number of rotatable bonds is 6. The molecule has 1 nitrogen and oxygen atoms in total. The van der Waals surface area contributed by atoms with Crippen molar-refractivity contribution in [1.82, 2.24) is 0 Å². The standard InChI is InChI=1S/C72H44O/c1-2-15-47(16-3-1)69-58-20-4-6-22-60(58)70(61-23-7-5-21-59(61)69)52-18-14-17-48(39-52)49-33-29-45-30-34-50(41-55(45)40-49)51-35-31-46-32-36-53(43-56(46)42-51)71-62-24-8-10-26-64(62)72(65-27-11-9-25-63(65)71)54-37-38-68-66(44-54)57-19-12-13-28-67(57)73-68/h1-44H. The van der Waals surface area contributed by atoms with Gasteiger partial charge in [-0.25, -0.2) is 0 Å². The largest absolute Gasteiger partial charge is 0.456 e. The van der Waals surface area contributed by atoms with Crippen LogP contribution in [-0.4, -0.2) is 0 Å². The molecule has 14 aromatic carbocycles. The average Bonchev–Trinajstić information content (AvgIpc) is 3.84. The second kappa shape index (κ2) is 16.5. The fourth-order valence-electron chi connectivity index (χ4n) is 12.0. The fraction of sp³-hybridized carbons (Fsp3) is 0. The minimum Gasteiger partial charge on any atom is -0.456 e. The van der Waals surface area contributed by atoms with E-state index in [9.17, 15) is 0 Å². The van der Waals surface area contributed by atoms with Gasteiger partial charge in [0.1, 0.15) is 11.2 Å². The van der Waals surface area contributed by atoms with Crippen LogP contribution < -0.4 is 0 Å². The lowest BCUT2D eigenvalue weighted by Crippen LogP contribution is -1.91. The molecule has 338 valence electrons. The van der Waals surface area contributed by atoms with E-state index >= 15 is 0 Å². The first-order valence-electron chi connectivity index (χ1n) is 25.2. The number of benzene rings is 14. The summed E-state index contributed by atoms with van der Waals surface area (Å²) in [6.45, 7) is 0. The van der Waals surface area contributed by atoms with Crippen LogP contribution in [0.1, 0.15) is 0 Å². The zero-order chi connectivity index (χ0) is 48.0. The monoisotopic (exact) mass is 924 g/mol. The molecular formula is C72H44O. The summed E-state index contributed by atoms with van der Waals surface area (Å²) < 4.78 is 6.26. The fourth-order valence-corrected chi connectivity index (χ4v) is 12.0. The first kappa shape index (κ1) is 41.2. The summed E-state index contributed by atoms with van der Waals surface area (Å²) in [4.78, 5) is 0. The van der Waals surface area contributed by atoms with Crippen LogP contribution in [0, 0.1) is 0 Å². The van der Waals surface area contributed by atoms with E-state index in [1.807, 2.05) is 6.07 Å². The second-order valence-corrected chi connectivity index (χ2v) is 19.5. The maximum atomic E-state index is 6.26. The maximum absolute atomic E-state index is 6.26. The number of furan rings is 1. The van der Waals surface area contributed by atoms with Crippen molar-refractivity contribution < 1.29 is 4.42 Å². The van der Waals surface area contributed by atoms with E-state index in [4.69, 9.17) is 4.42 Å². The van der Waals surface area contributed by atoms with Crippen LogP contribution in [-0.2, 0) is 0 Å². The van der Waals surface area contributed by atoms with Crippen molar-refractivity contribution in [2.75, 3.05) is 0 Å². The Morgan fingerprint density at radius 3 is 0.973 bits per heavy atom. The van der Waals surface area contributed by atoms with Gasteiger partial charge in [-0.2, -0.15) is 0 Å². The third-order valence-corrected chi connectivity index (χ3v) is 15.4. The van der Waals surface area contributed by atoms with Crippen LogP contribution in [0.3, 0.4) is 0 Å². The van der Waals surface area contributed by atoms with Gasteiger partial charge in [-0.1, -0.05) is 218 Å². The van der Waals surface area contributed by atoms with E-state index in [0.29, 0.717) is 0 Å². The minimum absolute atomic E-state index is 0.908. The molecule has 15 aromatic rings. The zero-order valence-corrected chi connectivity index (χ0v) is 39.8. The SMILES string of the molecule is c1ccc(-c2c3ccccc3c(-c3cccc(-c4ccc5ccc(-c6ccc7ccc(-c8c9ccccc9c(-c9ccc%10oc%11ccccc%11c%10c9)c9ccccc89)cc7c6)cc5c4)c3)c3ccccc23)cc1. The predicted octanol–water partition coefficient (Wildman–Crippen LogP) is 20.5. The maximum Gasteiger partial charge on any atom is 0.135 e. The Balaban J connectivity index is 0.815. The molecule has 0 bridgehead atoms. The number of hydrogen-bond acceptors (Lipinski definition) is 1. The molecule has 1 heterocycles. The first-order valence-corrected chi connectivity index (χ1v) is 25.2. The topological polar surface area (TPSA) is 13.1 Å². The minimum atomic E-state index is 0.908. The highest BCUT2D eigenvalue weighted by Crippen LogP contribution is 2.47. The molecule has 0 amide bonds. The summed E-state index contributed by atoms with van der Waals surface area (Å²) in [7, 11) is 0. The second-order valence-electron chi connectivity index (χ2n) is 19.5. The van der Waals surface area contributed by atoms with E-state index in [-0.39, 0.29) is 0 Å². The highest BCUT2D eigenvalue weighted by molar-refractivity contribution is 6.23. The highest BCUT2D eigenvalue weighted by atomic mass is 16.3. The first-order chi connectivity index (χ1) is 36.2. The van der Waals surface area contributed by atoms with E-state index in [1.165, 1.54) is 131 Å². The summed E-state index contributed by atoms with van der Waals surface area (Å²) >= 11 is 0. The molecule has 0 unspecified atom stereocenters. The lowest BCUT2D eigenvalue weighted by molar-refractivity contribution is 0.669. The molecule has 0 aliphatic carbocycles. The lowest BCUT2D eigenvalue weighted by Gasteiger charge is -2.18. The molecule has 1 aromatic heterocycles. The van der Waals surface area contributed by atoms with Crippen LogP contribution in [0.2, 0.25) is 0 Å². The third kappa shape index (κ3) is 6.71. The van der Waals surface area contributed by atoms with Crippen LogP contribution in [0.5, 0.6) is 0 Å². The Kier molecular flexibility index (Phi) is 9.33. The van der Waals surface area contributed by atoms with Crippen LogP contribution >= 0.6 is 0 Å². The molecule has 1 heteroatoms. The van der Waals surface area contributed by atoms with Crippen molar-refractivity contribution in [3.63, 3.8) is 0 Å². The van der Waals surface area contributed by atoms with Gasteiger partial charge in [0.15, 0.2) is 0 Å². The molecule has 0 aliphatic heterocycles. The smallest absolute Gasteiger partial charge is 0.135 e. The van der Waals surface area contributed by atoms with Crippen molar-refractivity contribution in [3.8, 4) is 66.8 Å². The predicted molar refractivity (Wildman–Crippen MR) is 311 cm³/mol. The van der Waals surface area contributed by atoms with Gasteiger partial charge in [-0.05, 0) is 180 Å². The van der Waals surface area contributed by atoms with Crippen molar-refractivity contribution >= 4 is 86.6 Å². The van der Waals surface area contributed by atoms with Crippen LogP contribution in [0.25, 0.3) is 153 Å². The molecule has 0 aliphatic rings. The van der Waals surface area contributed by atoms with Crippen molar-refractivity contribution in [2.45, 2.75) is 0 Å². The number of hydrogen-bond donors (Lipinski definition) is 0. The Morgan fingerprint density at radius 2 is 0.479 bits per heavy atom. The van der Waals surface area contributed by atoms with Crippen LogP contribution in [0.4, 0.5) is 0 Å².